The van der Waals surface area contributed by atoms with Gasteiger partial charge < -0.3 is 10.2 Å². The Hall–Kier alpha value is -1.20. The Morgan fingerprint density at radius 2 is 2.00 bits per heavy atom. The van der Waals surface area contributed by atoms with Crippen LogP contribution in [0.15, 0.2) is 29.2 Å². The van der Waals surface area contributed by atoms with Crippen LogP contribution in [0.25, 0.3) is 0 Å². The van der Waals surface area contributed by atoms with Crippen LogP contribution in [0.5, 0.6) is 0 Å². The van der Waals surface area contributed by atoms with Crippen LogP contribution in [-0.2, 0) is 9.59 Å². The number of hydrogen-bond acceptors (Lipinski definition) is 3. The molecule has 1 aromatic carbocycles. The van der Waals surface area contributed by atoms with E-state index < -0.39 is 0 Å². The molecule has 1 aliphatic heterocycles. The van der Waals surface area contributed by atoms with Gasteiger partial charge in [-0.25, -0.2) is 0 Å². The third-order valence-electron chi connectivity index (χ3n) is 3.50. The number of halogens is 1. The van der Waals surface area contributed by atoms with Crippen LogP contribution in [0.1, 0.15) is 19.8 Å². The van der Waals surface area contributed by atoms with Gasteiger partial charge in [0.2, 0.25) is 11.8 Å². The Labute approximate surface area is 134 Å². The van der Waals surface area contributed by atoms with Crippen molar-refractivity contribution in [1.82, 2.24) is 10.2 Å². The minimum Gasteiger partial charge on any atom is -0.353 e. The summed E-state index contributed by atoms with van der Waals surface area (Å²) in [5.41, 5.74) is 0. The molecule has 2 rings (SSSR count). The first-order chi connectivity index (χ1) is 10.1. The summed E-state index contributed by atoms with van der Waals surface area (Å²) in [6.45, 7) is 3.02. The second-order valence-electron chi connectivity index (χ2n) is 5.07. The largest absolute Gasteiger partial charge is 0.353 e. The van der Waals surface area contributed by atoms with E-state index in [1.165, 1.54) is 11.8 Å². The lowest BCUT2D eigenvalue weighted by molar-refractivity contribution is -0.130. The van der Waals surface area contributed by atoms with Crippen LogP contribution in [0.2, 0.25) is 5.02 Å². The van der Waals surface area contributed by atoms with E-state index in [9.17, 15) is 9.59 Å². The number of carbonyl (C=O) groups is 2. The number of piperidine rings is 1. The van der Waals surface area contributed by atoms with Gasteiger partial charge in [-0.05, 0) is 25.0 Å². The molecule has 0 aliphatic carbocycles. The molecule has 1 N–H and O–H groups in total. The molecule has 0 aromatic heterocycles. The number of hydrogen-bond donors (Lipinski definition) is 1. The first kappa shape index (κ1) is 16.2. The quantitative estimate of drug-likeness (QED) is 0.865. The van der Waals surface area contributed by atoms with Crippen LogP contribution in [0.3, 0.4) is 0 Å². The number of likely N-dealkylation sites (tertiary alicyclic amines) is 1. The van der Waals surface area contributed by atoms with E-state index in [-0.39, 0.29) is 17.9 Å². The second-order valence-corrected chi connectivity index (χ2v) is 6.49. The summed E-state index contributed by atoms with van der Waals surface area (Å²) in [6.07, 6.45) is 1.64. The molecule has 1 fully saturated rings. The van der Waals surface area contributed by atoms with Crippen LogP contribution in [0.4, 0.5) is 0 Å². The molecule has 0 spiro atoms. The third kappa shape index (κ3) is 4.93. The Bertz CT molecular complexity index is 516. The lowest BCUT2D eigenvalue weighted by atomic mass is 10.1. The maximum atomic E-state index is 12.0. The zero-order valence-corrected chi connectivity index (χ0v) is 13.5. The van der Waals surface area contributed by atoms with Gasteiger partial charge in [0.1, 0.15) is 0 Å². The van der Waals surface area contributed by atoms with Crippen LogP contribution in [0, 0.1) is 0 Å². The van der Waals surface area contributed by atoms with Crippen molar-refractivity contribution < 1.29 is 9.59 Å². The van der Waals surface area contributed by atoms with Gasteiger partial charge in [-0.15, -0.1) is 11.8 Å². The van der Waals surface area contributed by atoms with Gasteiger partial charge in [0.15, 0.2) is 0 Å². The van der Waals surface area contributed by atoms with Crippen molar-refractivity contribution in [3.63, 3.8) is 0 Å². The van der Waals surface area contributed by atoms with E-state index in [0.29, 0.717) is 10.8 Å². The summed E-state index contributed by atoms with van der Waals surface area (Å²) >= 11 is 7.50. The Morgan fingerprint density at radius 3 is 2.62 bits per heavy atom. The summed E-state index contributed by atoms with van der Waals surface area (Å²) in [7, 11) is 0. The van der Waals surface area contributed by atoms with E-state index in [0.717, 1.165) is 30.8 Å². The van der Waals surface area contributed by atoms with E-state index in [2.05, 4.69) is 5.32 Å². The van der Waals surface area contributed by atoms with Gasteiger partial charge in [0.05, 0.1) is 10.8 Å². The molecule has 0 bridgehead atoms. The van der Waals surface area contributed by atoms with E-state index >= 15 is 0 Å². The van der Waals surface area contributed by atoms with Crippen molar-refractivity contribution in [2.24, 2.45) is 0 Å². The third-order valence-corrected chi connectivity index (χ3v) is 5.02. The number of amides is 2. The van der Waals surface area contributed by atoms with Gasteiger partial charge in [0, 0.05) is 31.0 Å². The van der Waals surface area contributed by atoms with E-state index in [1.807, 2.05) is 29.2 Å². The van der Waals surface area contributed by atoms with Crippen LogP contribution < -0.4 is 5.32 Å². The number of nitrogens with zero attached hydrogens (tertiary/aromatic N) is 1. The number of benzene rings is 1. The highest BCUT2D eigenvalue weighted by atomic mass is 35.5. The molecule has 1 aromatic rings. The molecule has 0 atom stereocenters. The zero-order chi connectivity index (χ0) is 15.2. The zero-order valence-electron chi connectivity index (χ0n) is 12.0. The fourth-order valence-electron chi connectivity index (χ4n) is 2.31. The SMILES string of the molecule is CC(=O)N1CCC(NC(=O)CSc2ccccc2Cl)CC1. The molecule has 1 saturated heterocycles. The molecule has 21 heavy (non-hydrogen) atoms. The van der Waals surface area contributed by atoms with Crippen LogP contribution >= 0.6 is 23.4 Å². The van der Waals surface area contributed by atoms with E-state index in [4.69, 9.17) is 11.6 Å². The van der Waals surface area contributed by atoms with Crippen molar-refractivity contribution in [2.75, 3.05) is 18.8 Å². The summed E-state index contributed by atoms with van der Waals surface area (Å²) in [5, 5.41) is 3.70. The maximum Gasteiger partial charge on any atom is 0.230 e. The minimum atomic E-state index is 0.0150. The van der Waals surface area contributed by atoms with Gasteiger partial charge >= 0.3 is 0 Å². The fraction of sp³-hybridized carbons (Fsp3) is 0.467. The second kappa shape index (κ2) is 7.71. The molecule has 0 unspecified atom stereocenters. The Morgan fingerprint density at radius 1 is 1.33 bits per heavy atom. The molecule has 4 nitrogen and oxygen atoms in total. The highest BCUT2D eigenvalue weighted by Crippen LogP contribution is 2.26. The maximum absolute atomic E-state index is 12.0. The lowest BCUT2D eigenvalue weighted by Gasteiger charge is -2.31. The Kier molecular flexibility index (Phi) is 5.94. The smallest absolute Gasteiger partial charge is 0.230 e. The number of rotatable bonds is 4. The molecule has 6 heteroatoms. The van der Waals surface area contributed by atoms with Crippen molar-refractivity contribution in [1.29, 1.82) is 0 Å². The van der Waals surface area contributed by atoms with Gasteiger partial charge in [-0.1, -0.05) is 23.7 Å². The van der Waals surface area contributed by atoms with Gasteiger partial charge in [-0.2, -0.15) is 0 Å². The topological polar surface area (TPSA) is 49.4 Å². The fourth-order valence-corrected chi connectivity index (χ4v) is 3.36. The van der Waals surface area contributed by atoms with Crippen LogP contribution in [-0.4, -0.2) is 41.6 Å². The van der Waals surface area contributed by atoms with Crippen molar-refractivity contribution >= 4 is 35.2 Å². The summed E-state index contributed by atoms with van der Waals surface area (Å²) in [4.78, 5) is 25.9. The number of carbonyl (C=O) groups excluding carboxylic acids is 2. The van der Waals surface area contributed by atoms with E-state index in [1.54, 1.807) is 6.92 Å². The molecule has 1 aliphatic rings. The molecular formula is C15H19ClN2O2S. The normalized spacial score (nSPS) is 15.8. The summed E-state index contributed by atoms with van der Waals surface area (Å²) in [5.74, 6) is 0.478. The monoisotopic (exact) mass is 326 g/mol. The predicted octanol–water partition coefficient (Wildman–Crippen LogP) is 2.56. The van der Waals surface area contributed by atoms with Crippen molar-refractivity contribution in [2.45, 2.75) is 30.7 Å². The standard InChI is InChI=1S/C15H19ClN2O2S/c1-11(19)18-8-6-12(7-9-18)17-15(20)10-21-14-5-3-2-4-13(14)16/h2-5,12H,6-10H2,1H3,(H,17,20). The minimum absolute atomic E-state index is 0.0150. The first-order valence-electron chi connectivity index (χ1n) is 6.98. The molecular weight excluding hydrogens is 308 g/mol. The lowest BCUT2D eigenvalue weighted by Crippen LogP contribution is -2.46. The first-order valence-corrected chi connectivity index (χ1v) is 8.35. The van der Waals surface area contributed by atoms with Crippen molar-refractivity contribution in [3.05, 3.63) is 29.3 Å². The van der Waals surface area contributed by atoms with Gasteiger partial charge in [-0.3, -0.25) is 9.59 Å². The highest BCUT2D eigenvalue weighted by Gasteiger charge is 2.21. The van der Waals surface area contributed by atoms with Crippen molar-refractivity contribution in [3.8, 4) is 0 Å². The summed E-state index contributed by atoms with van der Waals surface area (Å²) in [6, 6.07) is 7.67. The summed E-state index contributed by atoms with van der Waals surface area (Å²) < 4.78 is 0. The predicted molar refractivity (Wildman–Crippen MR) is 85.6 cm³/mol. The average Bonchev–Trinajstić information content (AvgIpc) is 2.47. The molecule has 114 valence electrons. The number of nitrogens with one attached hydrogen (secondary N) is 1. The van der Waals surface area contributed by atoms with Gasteiger partial charge in [0.25, 0.3) is 0 Å². The Balaban J connectivity index is 1.73. The molecule has 0 radical (unpaired) electrons. The molecule has 2 amide bonds. The molecule has 1 heterocycles. The highest BCUT2D eigenvalue weighted by molar-refractivity contribution is 8.00. The average molecular weight is 327 g/mol. The number of thioether (sulfide) groups is 1. The molecule has 0 saturated carbocycles.